The second-order valence-electron chi connectivity index (χ2n) is 3.68. The van der Waals surface area contributed by atoms with Crippen molar-refractivity contribution >= 4 is 44.2 Å². The van der Waals surface area contributed by atoms with Gasteiger partial charge in [-0.1, -0.05) is 18.7 Å². The van der Waals surface area contributed by atoms with Gasteiger partial charge in [0.05, 0.1) is 10.3 Å². The van der Waals surface area contributed by atoms with Gasteiger partial charge >= 0.3 is 0 Å². The third-order valence-electron chi connectivity index (χ3n) is 2.45. The molecule has 1 N–H and O–H groups in total. The zero-order valence-corrected chi connectivity index (χ0v) is 12.4. The predicted molar refractivity (Wildman–Crippen MR) is 77.7 cm³/mol. The molecule has 1 atom stereocenters. The van der Waals surface area contributed by atoms with Crippen LogP contribution in [0, 0.1) is 0 Å². The summed E-state index contributed by atoms with van der Waals surface area (Å²) in [5, 5.41) is 5.23. The molecule has 0 amide bonds. The Hall–Kier alpha value is -0.000000000000000111. The smallest absolute Gasteiger partial charge is 0.156 e. The largest absolute Gasteiger partial charge is 0.365 e. The van der Waals surface area contributed by atoms with Gasteiger partial charge in [0.25, 0.3) is 0 Å². The second kappa shape index (κ2) is 6.07. The quantitative estimate of drug-likeness (QED) is 0.918. The topological polar surface area (TPSA) is 24.4 Å². The fourth-order valence-corrected chi connectivity index (χ4v) is 3.95. The van der Waals surface area contributed by atoms with Crippen LogP contribution >= 0.6 is 39.0 Å². The molecule has 5 heteroatoms. The number of hydrogen-bond donors (Lipinski definition) is 1. The standard InChI is InChI=1S/C11H15BrN2S2/c1-2-8-7-14-11(16-8)13-6-5-9-3-4-10(12)15-9/h3-4,8H,2,5-7H2,1H3,(H,13,14). The Morgan fingerprint density at radius 3 is 3.06 bits per heavy atom. The number of halogens is 1. The van der Waals surface area contributed by atoms with E-state index in [-0.39, 0.29) is 0 Å². The van der Waals surface area contributed by atoms with Gasteiger partial charge in [0.2, 0.25) is 0 Å². The van der Waals surface area contributed by atoms with E-state index in [1.807, 2.05) is 11.8 Å². The van der Waals surface area contributed by atoms with E-state index in [2.05, 4.69) is 45.3 Å². The van der Waals surface area contributed by atoms with Gasteiger partial charge in [0.15, 0.2) is 5.17 Å². The lowest BCUT2D eigenvalue weighted by Gasteiger charge is -2.05. The molecular weight excluding hydrogens is 304 g/mol. The van der Waals surface area contributed by atoms with Gasteiger partial charge in [0, 0.05) is 16.7 Å². The van der Waals surface area contributed by atoms with Gasteiger partial charge in [-0.2, -0.15) is 0 Å². The van der Waals surface area contributed by atoms with Crippen LogP contribution in [0.15, 0.2) is 20.9 Å². The van der Waals surface area contributed by atoms with Crippen LogP contribution in [0.1, 0.15) is 18.2 Å². The molecule has 1 aliphatic rings. The Labute approximate surface area is 113 Å². The fraction of sp³-hybridized carbons (Fsp3) is 0.545. The molecule has 0 radical (unpaired) electrons. The predicted octanol–water partition coefficient (Wildman–Crippen LogP) is 3.52. The zero-order chi connectivity index (χ0) is 11.4. The van der Waals surface area contributed by atoms with E-state index in [0.717, 1.165) is 24.7 Å². The van der Waals surface area contributed by atoms with Crippen molar-refractivity contribution in [2.24, 2.45) is 4.99 Å². The number of amidine groups is 1. The van der Waals surface area contributed by atoms with Crippen molar-refractivity contribution in [3.05, 3.63) is 20.8 Å². The molecule has 0 aliphatic carbocycles. The summed E-state index contributed by atoms with van der Waals surface area (Å²) in [6, 6.07) is 4.28. The first-order valence-corrected chi connectivity index (χ1v) is 7.96. The maximum atomic E-state index is 4.49. The highest BCUT2D eigenvalue weighted by Crippen LogP contribution is 2.23. The molecule has 1 unspecified atom stereocenters. The van der Waals surface area contributed by atoms with Gasteiger partial charge < -0.3 is 5.32 Å². The maximum Gasteiger partial charge on any atom is 0.156 e. The first kappa shape index (κ1) is 12.5. The minimum Gasteiger partial charge on any atom is -0.365 e. The summed E-state index contributed by atoms with van der Waals surface area (Å²) in [5.74, 6) is 0. The van der Waals surface area contributed by atoms with Gasteiger partial charge in [-0.05, 0) is 40.9 Å². The molecule has 2 heterocycles. The van der Waals surface area contributed by atoms with Gasteiger partial charge in [0.1, 0.15) is 0 Å². The summed E-state index contributed by atoms with van der Waals surface area (Å²) in [6.07, 6.45) is 2.28. The third-order valence-corrected chi connectivity index (χ3v) is 5.44. The van der Waals surface area contributed by atoms with E-state index in [9.17, 15) is 0 Å². The minimum atomic E-state index is 0.693. The SMILES string of the molecule is CCC1CN=C(NCCc2ccc(Br)s2)S1. The molecule has 0 aromatic carbocycles. The lowest BCUT2D eigenvalue weighted by Crippen LogP contribution is -2.21. The van der Waals surface area contributed by atoms with Crippen molar-refractivity contribution in [2.45, 2.75) is 25.0 Å². The van der Waals surface area contributed by atoms with E-state index in [1.54, 1.807) is 11.3 Å². The van der Waals surface area contributed by atoms with Crippen LogP contribution in [0.25, 0.3) is 0 Å². The normalized spacial score (nSPS) is 19.9. The van der Waals surface area contributed by atoms with Gasteiger partial charge in [-0.25, -0.2) is 0 Å². The number of hydrogen-bond acceptors (Lipinski definition) is 4. The molecule has 1 aliphatic heterocycles. The lowest BCUT2D eigenvalue weighted by atomic mass is 10.3. The summed E-state index contributed by atoms with van der Waals surface area (Å²) in [5.41, 5.74) is 0. The molecule has 2 nitrogen and oxygen atoms in total. The zero-order valence-electron chi connectivity index (χ0n) is 9.20. The van der Waals surface area contributed by atoms with E-state index >= 15 is 0 Å². The monoisotopic (exact) mass is 318 g/mol. The van der Waals surface area contributed by atoms with E-state index < -0.39 is 0 Å². The lowest BCUT2D eigenvalue weighted by molar-refractivity contribution is 0.837. The molecule has 2 rings (SSSR count). The Bertz CT molecular complexity index is 376. The number of rotatable bonds is 4. The average Bonchev–Trinajstić information content (AvgIpc) is 2.88. The molecule has 0 saturated carbocycles. The molecule has 1 aromatic heterocycles. The van der Waals surface area contributed by atoms with Gasteiger partial charge in [-0.3, -0.25) is 4.99 Å². The highest BCUT2D eigenvalue weighted by atomic mass is 79.9. The van der Waals surface area contributed by atoms with Crippen molar-refractivity contribution in [1.82, 2.24) is 5.32 Å². The van der Waals surface area contributed by atoms with Crippen molar-refractivity contribution in [3.8, 4) is 0 Å². The highest BCUT2D eigenvalue weighted by molar-refractivity contribution is 9.11. The summed E-state index contributed by atoms with van der Waals surface area (Å²) < 4.78 is 1.21. The van der Waals surface area contributed by atoms with Crippen molar-refractivity contribution in [3.63, 3.8) is 0 Å². The summed E-state index contributed by atoms with van der Waals surface area (Å²) in [7, 11) is 0. The number of thioether (sulfide) groups is 1. The molecule has 0 bridgehead atoms. The Balaban J connectivity index is 1.69. The Morgan fingerprint density at radius 1 is 1.56 bits per heavy atom. The molecule has 16 heavy (non-hydrogen) atoms. The molecule has 1 aromatic rings. The van der Waals surface area contributed by atoms with Crippen molar-refractivity contribution in [2.75, 3.05) is 13.1 Å². The van der Waals surface area contributed by atoms with Crippen molar-refractivity contribution in [1.29, 1.82) is 0 Å². The van der Waals surface area contributed by atoms with Gasteiger partial charge in [-0.15, -0.1) is 11.3 Å². The number of aliphatic imine (C=N–C) groups is 1. The van der Waals surface area contributed by atoms with Crippen LogP contribution in [0.3, 0.4) is 0 Å². The summed E-state index contributed by atoms with van der Waals surface area (Å²) >= 11 is 7.17. The second-order valence-corrected chi connectivity index (χ2v) is 7.51. The highest BCUT2D eigenvalue weighted by Gasteiger charge is 2.16. The van der Waals surface area contributed by atoms with E-state index in [1.165, 1.54) is 15.1 Å². The van der Waals surface area contributed by atoms with Crippen LogP contribution < -0.4 is 5.32 Å². The summed E-state index contributed by atoms with van der Waals surface area (Å²) in [4.78, 5) is 5.90. The Morgan fingerprint density at radius 2 is 2.44 bits per heavy atom. The van der Waals surface area contributed by atoms with Crippen LogP contribution in [0.2, 0.25) is 0 Å². The van der Waals surface area contributed by atoms with Crippen LogP contribution in [-0.4, -0.2) is 23.5 Å². The molecular formula is C11H15BrN2S2. The molecule has 0 saturated heterocycles. The van der Waals surface area contributed by atoms with Crippen LogP contribution in [-0.2, 0) is 6.42 Å². The third kappa shape index (κ3) is 3.50. The van der Waals surface area contributed by atoms with Crippen LogP contribution in [0.5, 0.6) is 0 Å². The Kier molecular flexibility index (Phi) is 4.73. The fourth-order valence-electron chi connectivity index (χ4n) is 1.51. The first-order chi connectivity index (χ1) is 7.78. The number of nitrogens with zero attached hydrogens (tertiary/aromatic N) is 1. The molecule has 88 valence electrons. The van der Waals surface area contributed by atoms with E-state index in [0.29, 0.717) is 5.25 Å². The molecule has 0 fully saturated rings. The minimum absolute atomic E-state index is 0.693. The molecule has 0 spiro atoms. The number of thiophene rings is 1. The van der Waals surface area contributed by atoms with E-state index in [4.69, 9.17) is 0 Å². The van der Waals surface area contributed by atoms with Crippen molar-refractivity contribution < 1.29 is 0 Å². The first-order valence-electron chi connectivity index (χ1n) is 5.47. The summed E-state index contributed by atoms with van der Waals surface area (Å²) in [6.45, 7) is 4.18. The number of nitrogens with one attached hydrogen (secondary N) is 1. The van der Waals surface area contributed by atoms with Crippen LogP contribution in [0.4, 0.5) is 0 Å². The maximum absolute atomic E-state index is 4.49. The average molecular weight is 319 g/mol.